The van der Waals surface area contributed by atoms with E-state index in [4.69, 9.17) is 14.2 Å². The van der Waals surface area contributed by atoms with Crippen LogP contribution in [0, 0.1) is 13.8 Å². The van der Waals surface area contributed by atoms with Gasteiger partial charge in [0.25, 0.3) is 5.56 Å². The first-order chi connectivity index (χ1) is 19.8. The Labute approximate surface area is 242 Å². The number of aromatic nitrogens is 1. The zero-order valence-electron chi connectivity index (χ0n) is 23.8. The van der Waals surface area contributed by atoms with Gasteiger partial charge in [0.15, 0.2) is 4.80 Å². The fraction of sp³-hybridized carbons (Fsp3) is 0.242. The summed E-state index contributed by atoms with van der Waals surface area (Å²) in [6.45, 7) is 8.16. The number of aryl methyl sites for hydroxylation is 2. The van der Waals surface area contributed by atoms with Crippen LogP contribution in [0.4, 0.5) is 0 Å². The normalized spacial score (nSPS) is 14.9. The monoisotopic (exact) mass is 568 g/mol. The quantitative estimate of drug-likeness (QED) is 0.280. The maximum absolute atomic E-state index is 13.9. The molecule has 0 saturated heterocycles. The molecule has 5 rings (SSSR count). The molecule has 1 aliphatic rings. The Morgan fingerprint density at radius 1 is 1.02 bits per heavy atom. The molecular weight excluding hydrogens is 536 g/mol. The summed E-state index contributed by atoms with van der Waals surface area (Å²) in [5.74, 6) is 1.02. The summed E-state index contributed by atoms with van der Waals surface area (Å²) in [7, 11) is 1.63. The predicted molar refractivity (Wildman–Crippen MR) is 160 cm³/mol. The second kappa shape index (κ2) is 12.0. The van der Waals surface area contributed by atoms with Gasteiger partial charge in [-0.3, -0.25) is 9.36 Å². The first-order valence-corrected chi connectivity index (χ1v) is 14.2. The number of hydrogen-bond acceptors (Lipinski definition) is 7. The van der Waals surface area contributed by atoms with Crippen LogP contribution >= 0.6 is 11.3 Å². The number of carbonyl (C=O) groups is 1. The minimum atomic E-state index is -0.633. The second-order valence-electron chi connectivity index (χ2n) is 9.90. The fourth-order valence-electron chi connectivity index (χ4n) is 5.07. The number of methoxy groups -OCH3 is 1. The van der Waals surface area contributed by atoms with E-state index >= 15 is 0 Å². The average Bonchev–Trinajstić information content (AvgIpc) is 3.25. The molecule has 0 radical (unpaired) electrons. The average molecular weight is 569 g/mol. The molecule has 1 aromatic heterocycles. The number of benzene rings is 3. The third-order valence-corrected chi connectivity index (χ3v) is 7.81. The lowest BCUT2D eigenvalue weighted by Crippen LogP contribution is -2.39. The van der Waals surface area contributed by atoms with Crippen molar-refractivity contribution in [2.24, 2.45) is 4.99 Å². The van der Waals surface area contributed by atoms with Crippen LogP contribution in [0.1, 0.15) is 47.7 Å². The first kappa shape index (κ1) is 28.1. The highest BCUT2D eigenvalue weighted by Crippen LogP contribution is 2.30. The van der Waals surface area contributed by atoms with Crippen LogP contribution in [-0.2, 0) is 16.1 Å². The van der Waals surface area contributed by atoms with E-state index in [1.165, 1.54) is 11.3 Å². The van der Waals surface area contributed by atoms with Crippen molar-refractivity contribution in [2.75, 3.05) is 13.7 Å². The highest BCUT2D eigenvalue weighted by molar-refractivity contribution is 7.07. The Morgan fingerprint density at radius 2 is 1.76 bits per heavy atom. The van der Waals surface area contributed by atoms with Gasteiger partial charge < -0.3 is 14.2 Å². The van der Waals surface area contributed by atoms with Gasteiger partial charge in [0.05, 0.1) is 35.6 Å². The molecule has 8 heteroatoms. The van der Waals surface area contributed by atoms with Crippen molar-refractivity contribution in [2.45, 2.75) is 40.3 Å². The molecule has 0 N–H and O–H groups in total. The molecule has 0 saturated carbocycles. The number of ether oxygens (including phenoxy) is 3. The van der Waals surface area contributed by atoms with Gasteiger partial charge >= 0.3 is 5.97 Å². The minimum Gasteiger partial charge on any atom is -0.496 e. The third-order valence-electron chi connectivity index (χ3n) is 6.82. The number of allylic oxidation sites excluding steroid dienone is 1. The van der Waals surface area contributed by atoms with Crippen LogP contribution in [0.15, 0.2) is 87.8 Å². The lowest BCUT2D eigenvalue weighted by Gasteiger charge is -2.24. The molecule has 1 aliphatic heterocycles. The molecule has 210 valence electrons. The van der Waals surface area contributed by atoms with Gasteiger partial charge in [-0.25, -0.2) is 9.79 Å². The second-order valence-corrected chi connectivity index (χ2v) is 10.9. The van der Waals surface area contributed by atoms with Gasteiger partial charge in [0, 0.05) is 5.56 Å². The summed E-state index contributed by atoms with van der Waals surface area (Å²) < 4.78 is 19.2. The zero-order chi connectivity index (χ0) is 29.1. The zero-order valence-corrected chi connectivity index (χ0v) is 24.6. The largest absolute Gasteiger partial charge is 0.496 e. The Hall–Kier alpha value is -4.43. The molecule has 2 heterocycles. The molecule has 0 spiro atoms. The van der Waals surface area contributed by atoms with Crippen LogP contribution in [0.3, 0.4) is 0 Å². The number of hydrogen-bond donors (Lipinski definition) is 0. The van der Waals surface area contributed by atoms with Crippen molar-refractivity contribution in [1.82, 2.24) is 4.57 Å². The number of nitrogens with zero attached hydrogens (tertiary/aromatic N) is 2. The maximum Gasteiger partial charge on any atom is 0.338 e. The molecule has 0 unspecified atom stereocenters. The van der Waals surface area contributed by atoms with Crippen molar-refractivity contribution in [3.8, 4) is 11.5 Å². The Morgan fingerprint density at radius 3 is 2.44 bits per heavy atom. The third kappa shape index (κ3) is 5.88. The first-order valence-electron chi connectivity index (χ1n) is 13.4. The molecule has 0 bridgehead atoms. The highest BCUT2D eigenvalue weighted by Gasteiger charge is 2.33. The molecule has 0 amide bonds. The summed E-state index contributed by atoms with van der Waals surface area (Å²) in [5.41, 5.74) is 5.45. The standard InChI is InChI=1S/C33H32N2O5S/c1-6-39-32(37)29-22(4)34-33-35(30(29)24-10-8-7-9-11-24)31(36)28(41-33)18-23-12-13-27(38-5)25(17-23)19-40-26-15-20(2)14-21(3)16-26/h7-18,30H,6,19H2,1-5H3/b28-18-/t30-/m1/s1. The number of fused-ring (bicyclic) bond motifs is 1. The van der Waals surface area contributed by atoms with E-state index in [1.807, 2.05) is 80.6 Å². The van der Waals surface area contributed by atoms with E-state index in [0.29, 0.717) is 33.0 Å². The SMILES string of the molecule is CCOC(=O)C1=C(C)N=c2s/c(=C\c3ccc(OC)c(COc4cc(C)cc(C)c4)c3)c(=O)n2[C@@H]1c1ccccc1. The van der Waals surface area contributed by atoms with Crippen molar-refractivity contribution >= 4 is 23.4 Å². The van der Waals surface area contributed by atoms with E-state index in [0.717, 1.165) is 33.6 Å². The van der Waals surface area contributed by atoms with E-state index in [9.17, 15) is 9.59 Å². The van der Waals surface area contributed by atoms with Crippen LogP contribution < -0.4 is 24.4 Å². The van der Waals surface area contributed by atoms with Crippen molar-refractivity contribution in [1.29, 1.82) is 0 Å². The van der Waals surface area contributed by atoms with Crippen LogP contribution in [0.2, 0.25) is 0 Å². The minimum absolute atomic E-state index is 0.222. The Bertz CT molecular complexity index is 1800. The maximum atomic E-state index is 13.9. The van der Waals surface area contributed by atoms with Crippen LogP contribution in [-0.4, -0.2) is 24.3 Å². The fourth-order valence-corrected chi connectivity index (χ4v) is 6.12. The van der Waals surface area contributed by atoms with Gasteiger partial charge in [-0.05, 0) is 80.3 Å². The van der Waals surface area contributed by atoms with E-state index in [1.54, 1.807) is 25.5 Å². The molecule has 3 aromatic carbocycles. The molecule has 0 aliphatic carbocycles. The topological polar surface area (TPSA) is 79.1 Å². The van der Waals surface area contributed by atoms with Crippen LogP contribution in [0.5, 0.6) is 11.5 Å². The summed E-state index contributed by atoms with van der Waals surface area (Å²) in [5, 5.41) is 0. The molecular formula is C33H32N2O5S. The van der Waals surface area contributed by atoms with Gasteiger partial charge in [0.1, 0.15) is 18.1 Å². The molecule has 7 nitrogen and oxygen atoms in total. The van der Waals surface area contributed by atoms with E-state index < -0.39 is 12.0 Å². The van der Waals surface area contributed by atoms with Crippen LogP contribution in [0.25, 0.3) is 6.08 Å². The number of esters is 1. The predicted octanol–water partition coefficient (Wildman–Crippen LogP) is 5.00. The van der Waals surface area contributed by atoms with Gasteiger partial charge in [0.2, 0.25) is 0 Å². The highest BCUT2D eigenvalue weighted by atomic mass is 32.1. The van der Waals surface area contributed by atoms with E-state index in [2.05, 4.69) is 11.1 Å². The smallest absolute Gasteiger partial charge is 0.338 e. The van der Waals surface area contributed by atoms with Crippen molar-refractivity contribution in [3.05, 3.63) is 126 Å². The number of thiazole rings is 1. The molecule has 0 fully saturated rings. The molecule has 1 atom stereocenters. The molecule has 41 heavy (non-hydrogen) atoms. The summed E-state index contributed by atoms with van der Waals surface area (Å²) in [4.78, 5) is 32.1. The summed E-state index contributed by atoms with van der Waals surface area (Å²) >= 11 is 1.29. The van der Waals surface area contributed by atoms with Crippen molar-refractivity contribution in [3.63, 3.8) is 0 Å². The van der Waals surface area contributed by atoms with Crippen molar-refractivity contribution < 1.29 is 19.0 Å². The number of rotatable bonds is 8. The Balaban J connectivity index is 1.56. The number of carbonyl (C=O) groups excluding carboxylic acids is 1. The molecule has 4 aromatic rings. The van der Waals surface area contributed by atoms with Gasteiger partial charge in [-0.2, -0.15) is 0 Å². The van der Waals surface area contributed by atoms with Gasteiger partial charge in [-0.1, -0.05) is 53.8 Å². The lowest BCUT2D eigenvalue weighted by molar-refractivity contribution is -0.139. The van der Waals surface area contributed by atoms with E-state index in [-0.39, 0.29) is 12.2 Å². The summed E-state index contributed by atoms with van der Waals surface area (Å²) in [6.07, 6.45) is 1.84. The van der Waals surface area contributed by atoms with Gasteiger partial charge in [-0.15, -0.1) is 0 Å². The Kier molecular flexibility index (Phi) is 8.21. The lowest BCUT2D eigenvalue weighted by atomic mass is 9.96. The summed E-state index contributed by atoms with van der Waals surface area (Å²) in [6, 6.07) is 20.7.